The molecule has 2 aliphatic carbocycles. The number of hydrogen-bond donors (Lipinski definition) is 1. The highest BCUT2D eigenvalue weighted by Gasteiger charge is 2.38. The third-order valence-corrected chi connectivity index (χ3v) is 5.34. The van der Waals surface area contributed by atoms with Crippen LogP contribution in [0.25, 0.3) is 0 Å². The summed E-state index contributed by atoms with van der Waals surface area (Å²) >= 11 is 3.10. The van der Waals surface area contributed by atoms with Gasteiger partial charge >= 0.3 is 0 Å². The van der Waals surface area contributed by atoms with Crippen molar-refractivity contribution in [3.05, 3.63) is 33.8 Å². The highest BCUT2D eigenvalue weighted by atomic mass is 79.9. The molecule has 1 nitrogen and oxygen atoms in total. The summed E-state index contributed by atoms with van der Waals surface area (Å²) in [6, 6.07) is 2.71. The van der Waals surface area contributed by atoms with Gasteiger partial charge in [0.05, 0.1) is 4.47 Å². The van der Waals surface area contributed by atoms with Gasteiger partial charge in [-0.15, -0.1) is 0 Å². The van der Waals surface area contributed by atoms with E-state index in [1.807, 2.05) is 0 Å². The lowest BCUT2D eigenvalue weighted by molar-refractivity contribution is 0.317. The minimum absolute atomic E-state index is 0.137. The fraction of sp³-hybridized carbons (Fsp3) is 0.600. The second-order valence-corrected chi connectivity index (χ2v) is 6.74. The van der Waals surface area contributed by atoms with Crippen LogP contribution in [-0.2, 0) is 6.54 Å². The first kappa shape index (κ1) is 13.5. The fourth-order valence-electron chi connectivity index (χ4n) is 3.74. The molecule has 0 aromatic heterocycles. The molecule has 0 aliphatic heterocycles. The quantitative estimate of drug-likeness (QED) is 0.814. The minimum atomic E-state index is -0.486. The predicted molar refractivity (Wildman–Crippen MR) is 74.7 cm³/mol. The Hall–Kier alpha value is -0.480. The molecule has 104 valence electrons. The average Bonchev–Trinajstić information content (AvgIpc) is 3.00. The number of hydrogen-bond acceptors (Lipinski definition) is 1. The Bertz CT molecular complexity index is 477. The molecule has 2 aliphatic rings. The van der Waals surface area contributed by atoms with E-state index in [2.05, 4.69) is 21.2 Å². The molecule has 2 fully saturated rings. The van der Waals surface area contributed by atoms with Gasteiger partial charge in [0.15, 0.2) is 0 Å². The molecule has 0 heterocycles. The molecule has 2 bridgehead atoms. The van der Waals surface area contributed by atoms with Gasteiger partial charge in [0.2, 0.25) is 0 Å². The minimum Gasteiger partial charge on any atom is -0.312 e. The maximum absolute atomic E-state index is 13.8. The molecular weight excluding hydrogens is 312 g/mol. The van der Waals surface area contributed by atoms with Gasteiger partial charge in [0, 0.05) is 12.1 Å². The molecule has 0 amide bonds. The molecule has 3 unspecified atom stereocenters. The smallest absolute Gasteiger partial charge is 0.144 e. The van der Waals surface area contributed by atoms with Gasteiger partial charge in [-0.05, 0) is 71.6 Å². The molecule has 1 aromatic carbocycles. The zero-order valence-corrected chi connectivity index (χ0v) is 12.3. The highest BCUT2D eigenvalue weighted by molar-refractivity contribution is 9.10. The van der Waals surface area contributed by atoms with Crippen LogP contribution in [0.3, 0.4) is 0 Å². The largest absolute Gasteiger partial charge is 0.312 e. The van der Waals surface area contributed by atoms with Crippen LogP contribution < -0.4 is 5.32 Å². The Morgan fingerprint density at radius 1 is 1.21 bits per heavy atom. The van der Waals surface area contributed by atoms with Crippen molar-refractivity contribution < 1.29 is 8.78 Å². The van der Waals surface area contributed by atoms with E-state index in [1.165, 1.54) is 37.8 Å². The van der Waals surface area contributed by atoms with E-state index in [9.17, 15) is 8.78 Å². The van der Waals surface area contributed by atoms with Crippen molar-refractivity contribution in [2.24, 2.45) is 17.8 Å². The SMILES string of the molecule is Fc1ccc(Br)c(F)c1CNCC1CC2CCC1C2. The predicted octanol–water partition coefficient (Wildman–Crippen LogP) is 4.25. The van der Waals surface area contributed by atoms with Gasteiger partial charge in [0.25, 0.3) is 0 Å². The Morgan fingerprint density at radius 3 is 2.74 bits per heavy atom. The van der Waals surface area contributed by atoms with E-state index in [1.54, 1.807) is 0 Å². The van der Waals surface area contributed by atoms with Gasteiger partial charge in [0.1, 0.15) is 11.6 Å². The average molecular weight is 330 g/mol. The Kier molecular flexibility index (Phi) is 3.90. The second kappa shape index (κ2) is 5.49. The van der Waals surface area contributed by atoms with Crippen LogP contribution in [0.1, 0.15) is 31.2 Å². The highest BCUT2D eigenvalue weighted by Crippen LogP contribution is 2.47. The number of rotatable bonds is 4. The molecule has 0 spiro atoms. The van der Waals surface area contributed by atoms with Crippen LogP contribution >= 0.6 is 15.9 Å². The Balaban J connectivity index is 1.57. The van der Waals surface area contributed by atoms with Crippen LogP contribution in [0.2, 0.25) is 0 Å². The molecule has 3 rings (SSSR count). The molecule has 2 saturated carbocycles. The summed E-state index contributed by atoms with van der Waals surface area (Å²) < 4.78 is 27.7. The molecule has 3 atom stereocenters. The number of nitrogens with one attached hydrogen (secondary N) is 1. The first-order valence-electron chi connectivity index (χ1n) is 6.98. The summed E-state index contributed by atoms with van der Waals surface area (Å²) in [6.07, 6.45) is 5.39. The Labute approximate surface area is 120 Å². The van der Waals surface area contributed by atoms with Crippen LogP contribution in [0, 0.1) is 29.4 Å². The number of halogens is 3. The maximum Gasteiger partial charge on any atom is 0.144 e. The third kappa shape index (κ3) is 2.70. The third-order valence-electron chi connectivity index (χ3n) is 4.73. The van der Waals surface area contributed by atoms with E-state index in [0.717, 1.165) is 18.4 Å². The van der Waals surface area contributed by atoms with Crippen molar-refractivity contribution in [3.63, 3.8) is 0 Å². The fourth-order valence-corrected chi connectivity index (χ4v) is 4.11. The van der Waals surface area contributed by atoms with Crippen molar-refractivity contribution in [1.29, 1.82) is 0 Å². The zero-order chi connectivity index (χ0) is 13.4. The van der Waals surface area contributed by atoms with Crippen LogP contribution in [-0.4, -0.2) is 6.54 Å². The number of fused-ring (bicyclic) bond motifs is 2. The molecule has 1 aromatic rings. The summed E-state index contributed by atoms with van der Waals surface area (Å²) in [5.74, 6) is 1.50. The van der Waals surface area contributed by atoms with Gasteiger partial charge in [-0.25, -0.2) is 8.78 Å². The van der Waals surface area contributed by atoms with E-state index < -0.39 is 11.6 Å². The first-order valence-corrected chi connectivity index (χ1v) is 7.77. The number of benzene rings is 1. The van der Waals surface area contributed by atoms with Crippen molar-refractivity contribution in [2.75, 3.05) is 6.54 Å². The first-order chi connectivity index (χ1) is 9.15. The van der Waals surface area contributed by atoms with E-state index in [0.29, 0.717) is 10.4 Å². The van der Waals surface area contributed by atoms with Gasteiger partial charge in [-0.1, -0.05) is 6.42 Å². The van der Waals surface area contributed by atoms with Gasteiger partial charge in [-0.2, -0.15) is 0 Å². The van der Waals surface area contributed by atoms with E-state index >= 15 is 0 Å². The molecule has 0 saturated heterocycles. The lowest BCUT2D eigenvalue weighted by Crippen LogP contribution is -2.26. The lowest BCUT2D eigenvalue weighted by Gasteiger charge is -2.22. The molecule has 1 N–H and O–H groups in total. The summed E-state index contributed by atoms with van der Waals surface area (Å²) in [5, 5.41) is 3.24. The lowest BCUT2D eigenvalue weighted by atomic mass is 9.89. The van der Waals surface area contributed by atoms with Crippen molar-refractivity contribution >= 4 is 15.9 Å². The van der Waals surface area contributed by atoms with Crippen LogP contribution in [0.15, 0.2) is 16.6 Å². The molecule has 0 radical (unpaired) electrons. The van der Waals surface area contributed by atoms with Crippen molar-refractivity contribution in [1.82, 2.24) is 5.32 Å². The summed E-state index contributed by atoms with van der Waals surface area (Å²) in [6.45, 7) is 1.15. The zero-order valence-electron chi connectivity index (χ0n) is 10.8. The summed E-state index contributed by atoms with van der Waals surface area (Å²) in [4.78, 5) is 0. The maximum atomic E-state index is 13.8. The normalized spacial score (nSPS) is 29.1. The summed E-state index contributed by atoms with van der Waals surface area (Å²) in [7, 11) is 0. The topological polar surface area (TPSA) is 12.0 Å². The van der Waals surface area contributed by atoms with Crippen molar-refractivity contribution in [3.8, 4) is 0 Å². The van der Waals surface area contributed by atoms with Crippen LogP contribution in [0.5, 0.6) is 0 Å². The molecule has 4 heteroatoms. The summed E-state index contributed by atoms with van der Waals surface area (Å²) in [5.41, 5.74) is 0.137. The van der Waals surface area contributed by atoms with E-state index in [-0.39, 0.29) is 12.1 Å². The van der Waals surface area contributed by atoms with Gasteiger partial charge < -0.3 is 5.32 Å². The van der Waals surface area contributed by atoms with Gasteiger partial charge in [-0.3, -0.25) is 0 Å². The monoisotopic (exact) mass is 329 g/mol. The second-order valence-electron chi connectivity index (χ2n) is 5.89. The molecular formula is C15H18BrF2N. The Morgan fingerprint density at radius 2 is 2.05 bits per heavy atom. The van der Waals surface area contributed by atoms with E-state index in [4.69, 9.17) is 0 Å². The van der Waals surface area contributed by atoms with Crippen molar-refractivity contribution in [2.45, 2.75) is 32.2 Å². The van der Waals surface area contributed by atoms with Crippen LogP contribution in [0.4, 0.5) is 8.78 Å². The standard InChI is InChI=1S/C15H18BrF2N/c16-13-3-4-14(17)12(15(13)18)8-19-7-11-6-9-1-2-10(11)5-9/h3-4,9-11,19H,1-2,5-8H2. The molecule has 19 heavy (non-hydrogen) atoms.